The monoisotopic (exact) mass is 176 g/mol. The molecule has 0 aromatic rings. The third-order valence-electron chi connectivity index (χ3n) is 3.13. The van der Waals surface area contributed by atoms with Crippen LogP contribution in [-0.4, -0.2) is 36.0 Å². The van der Waals surface area contributed by atoms with Crippen LogP contribution in [0.3, 0.4) is 0 Å². The first-order valence-corrected chi connectivity index (χ1v) is 4.41. The molecule has 0 bridgehead atoms. The summed E-state index contributed by atoms with van der Waals surface area (Å²) in [7, 11) is 0. The minimum atomic E-state index is -2.50. The van der Waals surface area contributed by atoms with E-state index in [-0.39, 0.29) is 18.5 Å². The zero-order valence-electron chi connectivity index (χ0n) is 7.02. The first-order chi connectivity index (χ1) is 5.58. The average Bonchev–Trinajstić information content (AvgIpc) is 2.40. The van der Waals surface area contributed by atoms with Crippen molar-refractivity contribution in [2.45, 2.75) is 30.7 Å². The minimum absolute atomic E-state index is 0.0312. The summed E-state index contributed by atoms with van der Waals surface area (Å²) in [6.07, 6.45) is 1.84. The summed E-state index contributed by atoms with van der Waals surface area (Å²) in [6, 6.07) is 0. The summed E-state index contributed by atoms with van der Waals surface area (Å²) >= 11 is 0. The summed E-state index contributed by atoms with van der Waals surface area (Å²) in [6.45, 7) is 1.10. The molecule has 70 valence electrons. The number of hydrogen-bond donors (Lipinski definition) is 1. The summed E-state index contributed by atoms with van der Waals surface area (Å²) in [4.78, 5) is 1.87. The number of nitrogens with two attached hydrogens (primary N) is 1. The van der Waals surface area contributed by atoms with Crippen LogP contribution in [-0.2, 0) is 0 Å². The molecule has 2 saturated heterocycles. The highest BCUT2D eigenvalue weighted by molar-refractivity contribution is 5.06. The number of hydrogen-bond acceptors (Lipinski definition) is 2. The first kappa shape index (κ1) is 8.38. The molecule has 0 spiro atoms. The predicted molar refractivity (Wildman–Crippen MR) is 42.2 cm³/mol. The molecule has 4 heteroatoms. The number of nitrogens with zero attached hydrogens (tertiary/aromatic N) is 1. The van der Waals surface area contributed by atoms with Gasteiger partial charge in [0.1, 0.15) is 0 Å². The van der Waals surface area contributed by atoms with Gasteiger partial charge in [-0.25, -0.2) is 8.78 Å². The van der Waals surface area contributed by atoms with Gasteiger partial charge in [-0.3, -0.25) is 4.90 Å². The molecule has 0 saturated carbocycles. The van der Waals surface area contributed by atoms with Crippen molar-refractivity contribution in [1.29, 1.82) is 0 Å². The second-order valence-electron chi connectivity index (χ2n) is 3.99. The molecule has 2 heterocycles. The van der Waals surface area contributed by atoms with Crippen LogP contribution in [0.5, 0.6) is 0 Å². The SMILES string of the molecule is NCC12CCCN1CC(F)(F)C2. The van der Waals surface area contributed by atoms with Crippen molar-refractivity contribution in [2.75, 3.05) is 19.6 Å². The summed E-state index contributed by atoms with van der Waals surface area (Å²) in [5, 5.41) is 0. The van der Waals surface area contributed by atoms with E-state index in [1.807, 2.05) is 4.90 Å². The van der Waals surface area contributed by atoms with Crippen molar-refractivity contribution in [3.05, 3.63) is 0 Å². The van der Waals surface area contributed by atoms with Gasteiger partial charge in [-0.15, -0.1) is 0 Å². The first-order valence-electron chi connectivity index (χ1n) is 4.41. The molecule has 2 aliphatic rings. The lowest BCUT2D eigenvalue weighted by Crippen LogP contribution is -2.44. The van der Waals surface area contributed by atoms with Gasteiger partial charge >= 0.3 is 0 Å². The zero-order valence-corrected chi connectivity index (χ0v) is 7.02. The van der Waals surface area contributed by atoms with Crippen LogP contribution in [0, 0.1) is 0 Å². The van der Waals surface area contributed by atoms with Gasteiger partial charge < -0.3 is 5.73 Å². The van der Waals surface area contributed by atoms with Gasteiger partial charge in [0.25, 0.3) is 5.92 Å². The summed E-state index contributed by atoms with van der Waals surface area (Å²) < 4.78 is 26.0. The van der Waals surface area contributed by atoms with E-state index in [9.17, 15) is 8.78 Å². The maximum atomic E-state index is 13.0. The lowest BCUT2D eigenvalue weighted by atomic mass is 9.93. The molecule has 0 amide bonds. The van der Waals surface area contributed by atoms with Gasteiger partial charge in [0.15, 0.2) is 0 Å². The van der Waals surface area contributed by atoms with E-state index in [1.165, 1.54) is 0 Å². The standard InChI is InChI=1S/C8H14F2N2/c9-8(10)4-7(5-11)2-1-3-12(7)6-8/h1-6,11H2. The van der Waals surface area contributed by atoms with Crippen molar-refractivity contribution >= 4 is 0 Å². The molecule has 2 fully saturated rings. The fraction of sp³-hybridized carbons (Fsp3) is 1.00. The fourth-order valence-electron chi connectivity index (χ4n) is 2.56. The van der Waals surface area contributed by atoms with Gasteiger partial charge in [0.2, 0.25) is 0 Å². The Labute approximate surface area is 70.7 Å². The molecule has 2 aliphatic heterocycles. The van der Waals surface area contributed by atoms with Gasteiger partial charge in [0, 0.05) is 18.5 Å². The van der Waals surface area contributed by atoms with E-state index in [0.29, 0.717) is 6.54 Å². The second-order valence-corrected chi connectivity index (χ2v) is 3.99. The van der Waals surface area contributed by atoms with Gasteiger partial charge in [-0.1, -0.05) is 0 Å². The molecule has 12 heavy (non-hydrogen) atoms. The Kier molecular flexibility index (Phi) is 1.67. The van der Waals surface area contributed by atoms with Crippen molar-refractivity contribution in [1.82, 2.24) is 4.90 Å². The highest BCUT2D eigenvalue weighted by atomic mass is 19.3. The van der Waals surface area contributed by atoms with Crippen molar-refractivity contribution in [2.24, 2.45) is 5.73 Å². The van der Waals surface area contributed by atoms with E-state index < -0.39 is 5.92 Å². The number of halogens is 2. The highest BCUT2D eigenvalue weighted by Crippen LogP contribution is 2.44. The Morgan fingerprint density at radius 3 is 2.75 bits per heavy atom. The zero-order chi connectivity index (χ0) is 8.82. The minimum Gasteiger partial charge on any atom is -0.329 e. The molecule has 2 N–H and O–H groups in total. The van der Waals surface area contributed by atoms with Crippen LogP contribution >= 0.6 is 0 Å². The Morgan fingerprint density at radius 2 is 2.17 bits per heavy atom. The molecule has 0 aliphatic carbocycles. The van der Waals surface area contributed by atoms with Crippen LogP contribution < -0.4 is 5.73 Å². The van der Waals surface area contributed by atoms with E-state index in [4.69, 9.17) is 5.73 Å². The molecule has 0 aromatic heterocycles. The predicted octanol–water partition coefficient (Wildman–Crippen LogP) is 0.819. The Morgan fingerprint density at radius 1 is 1.42 bits per heavy atom. The van der Waals surface area contributed by atoms with Gasteiger partial charge in [0.05, 0.1) is 6.54 Å². The molecular weight excluding hydrogens is 162 g/mol. The van der Waals surface area contributed by atoms with Crippen LogP contribution in [0.2, 0.25) is 0 Å². The molecule has 0 radical (unpaired) electrons. The number of rotatable bonds is 1. The van der Waals surface area contributed by atoms with E-state index in [1.54, 1.807) is 0 Å². The highest BCUT2D eigenvalue weighted by Gasteiger charge is 2.55. The van der Waals surface area contributed by atoms with Gasteiger partial charge in [-0.05, 0) is 19.4 Å². The molecule has 1 unspecified atom stereocenters. The Bertz CT molecular complexity index is 195. The van der Waals surface area contributed by atoms with Crippen LogP contribution in [0.1, 0.15) is 19.3 Å². The number of fused-ring (bicyclic) bond motifs is 1. The molecule has 1 atom stereocenters. The molecule has 2 rings (SSSR count). The second kappa shape index (κ2) is 2.39. The maximum absolute atomic E-state index is 13.0. The lowest BCUT2D eigenvalue weighted by molar-refractivity contribution is 0.00969. The maximum Gasteiger partial charge on any atom is 0.262 e. The summed E-state index contributed by atoms with van der Waals surface area (Å²) in [5.74, 6) is -2.50. The molecular formula is C8H14F2N2. The van der Waals surface area contributed by atoms with E-state index >= 15 is 0 Å². The van der Waals surface area contributed by atoms with Crippen molar-refractivity contribution < 1.29 is 8.78 Å². The van der Waals surface area contributed by atoms with Crippen LogP contribution in [0.25, 0.3) is 0 Å². The third kappa shape index (κ3) is 1.05. The average molecular weight is 176 g/mol. The molecule has 2 nitrogen and oxygen atoms in total. The lowest BCUT2D eigenvalue weighted by Gasteiger charge is -2.29. The van der Waals surface area contributed by atoms with Crippen LogP contribution in [0.15, 0.2) is 0 Å². The van der Waals surface area contributed by atoms with Crippen molar-refractivity contribution in [3.8, 4) is 0 Å². The topological polar surface area (TPSA) is 29.3 Å². The Balaban J connectivity index is 2.20. The molecule has 0 aromatic carbocycles. The third-order valence-corrected chi connectivity index (χ3v) is 3.13. The van der Waals surface area contributed by atoms with Crippen LogP contribution in [0.4, 0.5) is 8.78 Å². The largest absolute Gasteiger partial charge is 0.329 e. The number of alkyl halides is 2. The quantitative estimate of drug-likeness (QED) is 0.641. The summed E-state index contributed by atoms with van der Waals surface area (Å²) in [5.41, 5.74) is 5.20. The van der Waals surface area contributed by atoms with E-state index in [0.717, 1.165) is 19.4 Å². The van der Waals surface area contributed by atoms with E-state index in [2.05, 4.69) is 0 Å². The van der Waals surface area contributed by atoms with Gasteiger partial charge in [-0.2, -0.15) is 0 Å². The fourth-order valence-corrected chi connectivity index (χ4v) is 2.56. The smallest absolute Gasteiger partial charge is 0.262 e. The Hall–Kier alpha value is -0.220. The van der Waals surface area contributed by atoms with Crippen molar-refractivity contribution in [3.63, 3.8) is 0 Å². The normalized spacial score (nSPS) is 40.2.